The molecule has 0 aliphatic rings. The SMILES string of the molecule is O=C(O)c1cccc(Cc2nc(-c3ccc(F)cc3)no2)c1. The van der Waals surface area contributed by atoms with E-state index in [-0.39, 0.29) is 11.4 Å². The minimum Gasteiger partial charge on any atom is -0.478 e. The van der Waals surface area contributed by atoms with Crippen molar-refractivity contribution in [2.24, 2.45) is 0 Å². The lowest BCUT2D eigenvalue weighted by atomic mass is 10.1. The molecule has 3 aromatic rings. The van der Waals surface area contributed by atoms with Crippen molar-refractivity contribution in [3.63, 3.8) is 0 Å². The van der Waals surface area contributed by atoms with Crippen LogP contribution in [0.5, 0.6) is 0 Å². The summed E-state index contributed by atoms with van der Waals surface area (Å²) in [4.78, 5) is 15.2. The van der Waals surface area contributed by atoms with Crippen LogP contribution in [0.2, 0.25) is 0 Å². The standard InChI is InChI=1S/C16H11FN2O3/c17-13-6-4-11(5-7-13)15-18-14(22-19-15)9-10-2-1-3-12(8-10)16(20)21/h1-8H,9H2,(H,20,21). The van der Waals surface area contributed by atoms with E-state index in [1.807, 2.05) is 0 Å². The topological polar surface area (TPSA) is 76.2 Å². The highest BCUT2D eigenvalue weighted by molar-refractivity contribution is 5.87. The van der Waals surface area contributed by atoms with Gasteiger partial charge >= 0.3 is 5.97 Å². The predicted octanol–water partition coefficient (Wildman–Crippen LogP) is 3.16. The van der Waals surface area contributed by atoms with E-state index in [0.717, 1.165) is 5.56 Å². The molecule has 0 bridgehead atoms. The van der Waals surface area contributed by atoms with Crippen molar-refractivity contribution in [2.45, 2.75) is 6.42 Å². The molecule has 0 saturated carbocycles. The summed E-state index contributed by atoms with van der Waals surface area (Å²) in [6.45, 7) is 0. The van der Waals surface area contributed by atoms with E-state index in [2.05, 4.69) is 10.1 Å². The van der Waals surface area contributed by atoms with Crippen molar-refractivity contribution < 1.29 is 18.8 Å². The lowest BCUT2D eigenvalue weighted by molar-refractivity contribution is 0.0696. The molecule has 0 atom stereocenters. The third-order valence-corrected chi connectivity index (χ3v) is 3.10. The fraction of sp³-hybridized carbons (Fsp3) is 0.0625. The van der Waals surface area contributed by atoms with Crippen LogP contribution < -0.4 is 0 Å². The third-order valence-electron chi connectivity index (χ3n) is 3.10. The number of nitrogens with zero attached hydrogens (tertiary/aromatic N) is 2. The van der Waals surface area contributed by atoms with E-state index in [1.54, 1.807) is 30.3 Å². The molecular weight excluding hydrogens is 287 g/mol. The van der Waals surface area contributed by atoms with Gasteiger partial charge < -0.3 is 9.63 Å². The molecule has 5 nitrogen and oxygen atoms in total. The quantitative estimate of drug-likeness (QED) is 0.800. The van der Waals surface area contributed by atoms with E-state index in [4.69, 9.17) is 9.63 Å². The summed E-state index contributed by atoms with van der Waals surface area (Å²) in [6, 6.07) is 12.3. The highest BCUT2D eigenvalue weighted by atomic mass is 19.1. The molecule has 0 fully saturated rings. The molecule has 110 valence electrons. The Kier molecular flexibility index (Phi) is 3.65. The summed E-state index contributed by atoms with van der Waals surface area (Å²) in [5.74, 6) is -0.594. The Labute approximate surface area is 125 Å². The fourth-order valence-electron chi connectivity index (χ4n) is 2.03. The Morgan fingerprint density at radius 3 is 2.68 bits per heavy atom. The van der Waals surface area contributed by atoms with Crippen molar-refractivity contribution in [1.82, 2.24) is 10.1 Å². The van der Waals surface area contributed by atoms with E-state index in [1.165, 1.54) is 18.2 Å². The normalized spacial score (nSPS) is 10.6. The summed E-state index contributed by atoms with van der Waals surface area (Å²) in [6.07, 6.45) is 0.329. The second-order valence-electron chi connectivity index (χ2n) is 4.70. The zero-order valence-electron chi connectivity index (χ0n) is 11.4. The maximum Gasteiger partial charge on any atom is 0.335 e. The van der Waals surface area contributed by atoms with Gasteiger partial charge in [-0.2, -0.15) is 4.98 Å². The first kappa shape index (κ1) is 13.9. The predicted molar refractivity (Wildman–Crippen MR) is 75.9 cm³/mol. The van der Waals surface area contributed by atoms with Gasteiger partial charge in [0.25, 0.3) is 0 Å². The van der Waals surface area contributed by atoms with Crippen molar-refractivity contribution in [2.75, 3.05) is 0 Å². The van der Waals surface area contributed by atoms with Gasteiger partial charge in [0.05, 0.1) is 12.0 Å². The maximum atomic E-state index is 12.9. The minimum atomic E-state index is -0.987. The smallest absolute Gasteiger partial charge is 0.335 e. The molecule has 6 heteroatoms. The molecule has 3 rings (SSSR count). The second-order valence-corrected chi connectivity index (χ2v) is 4.70. The van der Waals surface area contributed by atoms with Gasteiger partial charge in [-0.15, -0.1) is 0 Å². The Balaban J connectivity index is 1.81. The average Bonchev–Trinajstić information content (AvgIpc) is 2.96. The molecule has 0 aliphatic heterocycles. The van der Waals surface area contributed by atoms with Crippen molar-refractivity contribution in [3.05, 3.63) is 71.4 Å². The molecule has 2 aromatic carbocycles. The largest absolute Gasteiger partial charge is 0.478 e. The lowest BCUT2D eigenvalue weighted by Crippen LogP contribution is -1.97. The molecule has 1 heterocycles. The lowest BCUT2D eigenvalue weighted by Gasteiger charge is -1.98. The van der Waals surface area contributed by atoms with Gasteiger partial charge in [-0.3, -0.25) is 0 Å². The Bertz CT molecular complexity index is 812. The number of aromatic nitrogens is 2. The molecular formula is C16H11FN2O3. The molecule has 0 aliphatic carbocycles. The van der Waals surface area contributed by atoms with Gasteiger partial charge in [-0.05, 0) is 42.0 Å². The monoisotopic (exact) mass is 298 g/mol. The first-order valence-electron chi connectivity index (χ1n) is 6.52. The van der Waals surface area contributed by atoms with Crippen LogP contribution in [0.3, 0.4) is 0 Å². The number of hydrogen-bond acceptors (Lipinski definition) is 4. The molecule has 1 N–H and O–H groups in total. The minimum absolute atomic E-state index is 0.204. The van der Waals surface area contributed by atoms with Gasteiger partial charge in [0, 0.05) is 5.56 Å². The number of halogens is 1. The summed E-state index contributed by atoms with van der Waals surface area (Å²) < 4.78 is 18.0. The molecule has 0 radical (unpaired) electrons. The highest BCUT2D eigenvalue weighted by Gasteiger charge is 2.10. The summed E-state index contributed by atoms with van der Waals surface area (Å²) in [5, 5.41) is 12.8. The van der Waals surface area contributed by atoms with Crippen LogP contribution >= 0.6 is 0 Å². The fourth-order valence-corrected chi connectivity index (χ4v) is 2.03. The van der Waals surface area contributed by atoms with Crippen molar-refractivity contribution in [1.29, 1.82) is 0 Å². The number of carboxylic acids is 1. The van der Waals surface area contributed by atoms with Gasteiger partial charge in [0.2, 0.25) is 11.7 Å². The molecule has 22 heavy (non-hydrogen) atoms. The number of carbonyl (C=O) groups is 1. The molecule has 0 saturated heterocycles. The first-order chi connectivity index (χ1) is 10.6. The Morgan fingerprint density at radius 1 is 1.18 bits per heavy atom. The first-order valence-corrected chi connectivity index (χ1v) is 6.52. The van der Waals surface area contributed by atoms with E-state index in [9.17, 15) is 9.18 Å². The molecule has 0 amide bonds. The van der Waals surface area contributed by atoms with E-state index in [0.29, 0.717) is 23.7 Å². The highest BCUT2D eigenvalue weighted by Crippen LogP contribution is 2.18. The summed E-state index contributed by atoms with van der Waals surface area (Å²) in [5.41, 5.74) is 1.61. The van der Waals surface area contributed by atoms with Crippen LogP contribution in [0.25, 0.3) is 11.4 Å². The van der Waals surface area contributed by atoms with E-state index < -0.39 is 5.97 Å². The molecule has 0 unspecified atom stereocenters. The molecule has 0 spiro atoms. The molecule has 1 aromatic heterocycles. The summed E-state index contributed by atoms with van der Waals surface area (Å²) >= 11 is 0. The maximum absolute atomic E-state index is 12.9. The average molecular weight is 298 g/mol. The van der Waals surface area contributed by atoms with E-state index >= 15 is 0 Å². The van der Waals surface area contributed by atoms with Crippen LogP contribution in [-0.4, -0.2) is 21.2 Å². The van der Waals surface area contributed by atoms with Gasteiger partial charge in [0.1, 0.15) is 5.82 Å². The van der Waals surface area contributed by atoms with Crippen LogP contribution in [0.1, 0.15) is 21.8 Å². The Morgan fingerprint density at radius 2 is 1.95 bits per heavy atom. The third kappa shape index (κ3) is 3.01. The zero-order chi connectivity index (χ0) is 15.5. The van der Waals surface area contributed by atoms with Gasteiger partial charge in [-0.25, -0.2) is 9.18 Å². The van der Waals surface area contributed by atoms with Gasteiger partial charge in [-0.1, -0.05) is 17.3 Å². The second kappa shape index (κ2) is 5.77. The zero-order valence-corrected chi connectivity index (χ0v) is 11.4. The van der Waals surface area contributed by atoms with Crippen molar-refractivity contribution >= 4 is 5.97 Å². The number of aromatic carboxylic acids is 1. The van der Waals surface area contributed by atoms with Gasteiger partial charge in [0.15, 0.2) is 0 Å². The van der Waals surface area contributed by atoms with Crippen LogP contribution in [-0.2, 0) is 6.42 Å². The number of benzene rings is 2. The van der Waals surface area contributed by atoms with Crippen LogP contribution in [0.4, 0.5) is 4.39 Å². The number of carboxylic acid groups (broad SMARTS) is 1. The van der Waals surface area contributed by atoms with Crippen LogP contribution in [0, 0.1) is 5.82 Å². The number of rotatable bonds is 4. The Hall–Kier alpha value is -3.02. The van der Waals surface area contributed by atoms with Crippen LogP contribution in [0.15, 0.2) is 53.1 Å². The number of hydrogen-bond donors (Lipinski definition) is 1. The van der Waals surface area contributed by atoms with Crippen molar-refractivity contribution in [3.8, 4) is 11.4 Å². The summed E-state index contributed by atoms with van der Waals surface area (Å²) in [7, 11) is 0.